The second kappa shape index (κ2) is 6.49. The standard InChI is InChI=1S/C13H23N5O/c1-13(2,18(3)4)9-15-8-10-5-6-16-11(7-10)12(14)17-19/h5-7,15,19H,8-9H2,1-4H3,(H2,14,17). The molecule has 0 saturated carbocycles. The molecule has 6 nitrogen and oxygen atoms in total. The van der Waals surface area contributed by atoms with Crippen LogP contribution in [0.1, 0.15) is 25.1 Å². The third kappa shape index (κ3) is 4.50. The van der Waals surface area contributed by atoms with E-state index in [1.807, 2.05) is 12.1 Å². The van der Waals surface area contributed by atoms with Gasteiger partial charge in [-0.25, -0.2) is 0 Å². The molecule has 0 aliphatic carbocycles. The zero-order valence-corrected chi connectivity index (χ0v) is 12.0. The zero-order chi connectivity index (χ0) is 14.5. The lowest BCUT2D eigenvalue weighted by Gasteiger charge is -2.32. The average molecular weight is 265 g/mol. The van der Waals surface area contributed by atoms with Crippen LogP contribution in [-0.4, -0.2) is 47.1 Å². The van der Waals surface area contributed by atoms with Gasteiger partial charge in [0.1, 0.15) is 5.69 Å². The van der Waals surface area contributed by atoms with Crippen molar-refractivity contribution in [3.63, 3.8) is 0 Å². The van der Waals surface area contributed by atoms with Crippen molar-refractivity contribution < 1.29 is 5.21 Å². The number of nitrogens with zero attached hydrogens (tertiary/aromatic N) is 3. The summed E-state index contributed by atoms with van der Waals surface area (Å²) in [5.41, 5.74) is 7.12. The Kier molecular flexibility index (Phi) is 5.26. The van der Waals surface area contributed by atoms with Crippen LogP contribution >= 0.6 is 0 Å². The minimum absolute atomic E-state index is 0.0236. The fourth-order valence-corrected chi connectivity index (χ4v) is 1.45. The molecule has 0 bridgehead atoms. The SMILES string of the molecule is CN(C)C(C)(C)CNCc1ccnc(C(N)=NO)c1. The number of hydrogen-bond acceptors (Lipinski definition) is 5. The predicted octanol–water partition coefficient (Wildman–Crippen LogP) is 0.606. The van der Waals surface area contributed by atoms with Gasteiger partial charge in [0.05, 0.1) is 0 Å². The van der Waals surface area contributed by atoms with Crippen molar-refractivity contribution in [2.75, 3.05) is 20.6 Å². The zero-order valence-electron chi connectivity index (χ0n) is 12.0. The number of nitrogens with one attached hydrogen (secondary N) is 1. The Labute approximate surface area is 114 Å². The molecule has 0 aromatic carbocycles. The fraction of sp³-hybridized carbons (Fsp3) is 0.538. The number of amidine groups is 1. The molecule has 19 heavy (non-hydrogen) atoms. The van der Waals surface area contributed by atoms with Crippen LogP contribution in [0.15, 0.2) is 23.5 Å². The van der Waals surface area contributed by atoms with Crippen LogP contribution in [0.3, 0.4) is 0 Å². The number of likely N-dealkylation sites (N-methyl/N-ethyl adjacent to an activating group) is 1. The highest BCUT2D eigenvalue weighted by Gasteiger charge is 2.19. The van der Waals surface area contributed by atoms with Gasteiger partial charge in [0.15, 0.2) is 5.84 Å². The Bertz CT molecular complexity index is 442. The molecule has 106 valence electrons. The largest absolute Gasteiger partial charge is 0.409 e. The topological polar surface area (TPSA) is 86.8 Å². The van der Waals surface area contributed by atoms with E-state index in [1.165, 1.54) is 0 Å². The molecule has 0 fully saturated rings. The Morgan fingerprint density at radius 1 is 1.53 bits per heavy atom. The summed E-state index contributed by atoms with van der Waals surface area (Å²) in [4.78, 5) is 6.22. The summed E-state index contributed by atoms with van der Waals surface area (Å²) < 4.78 is 0. The second-order valence-corrected chi connectivity index (χ2v) is 5.34. The molecule has 0 atom stereocenters. The van der Waals surface area contributed by atoms with E-state index in [9.17, 15) is 0 Å². The van der Waals surface area contributed by atoms with Gasteiger partial charge in [0.2, 0.25) is 0 Å². The molecule has 4 N–H and O–H groups in total. The van der Waals surface area contributed by atoms with E-state index in [2.05, 4.69) is 48.3 Å². The van der Waals surface area contributed by atoms with Crippen molar-refractivity contribution in [1.29, 1.82) is 0 Å². The summed E-state index contributed by atoms with van der Waals surface area (Å²) in [6, 6.07) is 3.72. The molecule has 1 aromatic rings. The Balaban J connectivity index is 2.60. The van der Waals surface area contributed by atoms with E-state index in [-0.39, 0.29) is 11.4 Å². The first-order valence-corrected chi connectivity index (χ1v) is 6.18. The van der Waals surface area contributed by atoms with Crippen LogP contribution < -0.4 is 11.1 Å². The molecule has 0 saturated heterocycles. The lowest BCUT2D eigenvalue weighted by Crippen LogP contribution is -2.46. The first kappa shape index (κ1) is 15.4. The number of nitrogens with two attached hydrogens (primary N) is 1. The summed E-state index contributed by atoms with van der Waals surface area (Å²) in [6.07, 6.45) is 1.65. The van der Waals surface area contributed by atoms with E-state index >= 15 is 0 Å². The molecular formula is C13H23N5O. The van der Waals surface area contributed by atoms with Gasteiger partial charge in [-0.05, 0) is 45.6 Å². The highest BCUT2D eigenvalue weighted by atomic mass is 16.4. The number of oxime groups is 1. The first-order valence-electron chi connectivity index (χ1n) is 6.18. The van der Waals surface area contributed by atoms with E-state index in [4.69, 9.17) is 10.9 Å². The molecule has 0 unspecified atom stereocenters. The lowest BCUT2D eigenvalue weighted by molar-refractivity contribution is 0.190. The van der Waals surface area contributed by atoms with Crippen LogP contribution in [0.2, 0.25) is 0 Å². The van der Waals surface area contributed by atoms with Gasteiger partial charge in [-0.1, -0.05) is 5.16 Å². The molecule has 0 radical (unpaired) electrons. The summed E-state index contributed by atoms with van der Waals surface area (Å²) in [6.45, 7) is 5.93. The van der Waals surface area contributed by atoms with Gasteiger partial charge in [0, 0.05) is 24.8 Å². The van der Waals surface area contributed by atoms with Crippen LogP contribution in [-0.2, 0) is 6.54 Å². The van der Waals surface area contributed by atoms with Gasteiger partial charge in [-0.3, -0.25) is 4.98 Å². The van der Waals surface area contributed by atoms with Gasteiger partial charge in [0.25, 0.3) is 0 Å². The highest BCUT2D eigenvalue weighted by molar-refractivity contribution is 5.95. The van der Waals surface area contributed by atoms with Gasteiger partial charge in [-0.2, -0.15) is 0 Å². The summed E-state index contributed by atoms with van der Waals surface area (Å²) >= 11 is 0. The van der Waals surface area contributed by atoms with Crippen LogP contribution in [0.4, 0.5) is 0 Å². The fourth-order valence-electron chi connectivity index (χ4n) is 1.45. The first-order chi connectivity index (χ1) is 8.86. The molecular weight excluding hydrogens is 242 g/mol. The predicted molar refractivity (Wildman–Crippen MR) is 76.2 cm³/mol. The minimum Gasteiger partial charge on any atom is -0.409 e. The van der Waals surface area contributed by atoms with E-state index in [0.717, 1.165) is 12.1 Å². The number of hydrogen-bond donors (Lipinski definition) is 3. The van der Waals surface area contributed by atoms with Gasteiger partial charge < -0.3 is 21.2 Å². The Hall–Kier alpha value is -1.66. The quantitative estimate of drug-likeness (QED) is 0.303. The third-order valence-corrected chi connectivity index (χ3v) is 3.29. The molecule has 0 spiro atoms. The lowest BCUT2D eigenvalue weighted by atomic mass is 10.0. The van der Waals surface area contributed by atoms with E-state index < -0.39 is 0 Å². The van der Waals surface area contributed by atoms with E-state index in [0.29, 0.717) is 12.2 Å². The number of rotatable bonds is 6. The van der Waals surface area contributed by atoms with Crippen molar-refractivity contribution in [3.05, 3.63) is 29.6 Å². The summed E-state index contributed by atoms with van der Waals surface area (Å²) in [7, 11) is 4.12. The normalized spacial score (nSPS) is 13.0. The monoisotopic (exact) mass is 265 g/mol. The second-order valence-electron chi connectivity index (χ2n) is 5.34. The van der Waals surface area contributed by atoms with Gasteiger partial charge >= 0.3 is 0 Å². The highest BCUT2D eigenvalue weighted by Crippen LogP contribution is 2.08. The van der Waals surface area contributed by atoms with Gasteiger partial charge in [-0.15, -0.1) is 0 Å². The molecule has 1 rings (SSSR count). The van der Waals surface area contributed by atoms with E-state index in [1.54, 1.807) is 6.20 Å². The maximum Gasteiger partial charge on any atom is 0.188 e. The van der Waals surface area contributed by atoms with Crippen LogP contribution in [0, 0.1) is 0 Å². The van der Waals surface area contributed by atoms with Crippen molar-refractivity contribution in [2.24, 2.45) is 10.9 Å². The van der Waals surface area contributed by atoms with Crippen LogP contribution in [0.5, 0.6) is 0 Å². The maximum absolute atomic E-state index is 8.62. The summed E-state index contributed by atoms with van der Waals surface area (Å²) in [5, 5.41) is 15.0. The molecule has 1 aromatic heterocycles. The van der Waals surface area contributed by atoms with Crippen LogP contribution in [0.25, 0.3) is 0 Å². The third-order valence-electron chi connectivity index (χ3n) is 3.29. The van der Waals surface area contributed by atoms with Crippen molar-refractivity contribution in [2.45, 2.75) is 25.9 Å². The smallest absolute Gasteiger partial charge is 0.188 e. The van der Waals surface area contributed by atoms with Crippen molar-refractivity contribution in [3.8, 4) is 0 Å². The molecule has 0 amide bonds. The Morgan fingerprint density at radius 3 is 2.79 bits per heavy atom. The number of aromatic nitrogens is 1. The van der Waals surface area contributed by atoms with Crippen molar-refractivity contribution in [1.82, 2.24) is 15.2 Å². The summed E-state index contributed by atoms with van der Waals surface area (Å²) in [5.74, 6) is 0.0236. The number of pyridine rings is 1. The Morgan fingerprint density at radius 2 is 2.21 bits per heavy atom. The minimum atomic E-state index is 0.0236. The average Bonchev–Trinajstić information content (AvgIpc) is 2.37. The molecule has 0 aliphatic heterocycles. The molecule has 6 heteroatoms. The maximum atomic E-state index is 8.62. The molecule has 0 aliphatic rings. The molecule has 1 heterocycles. The van der Waals surface area contributed by atoms with Crippen molar-refractivity contribution >= 4 is 5.84 Å².